The second-order valence-electron chi connectivity index (χ2n) is 5.66. The van der Waals surface area contributed by atoms with Crippen molar-refractivity contribution >= 4 is 0 Å². The lowest BCUT2D eigenvalue weighted by Gasteiger charge is -2.21. The summed E-state index contributed by atoms with van der Waals surface area (Å²) in [7, 11) is 0. The first-order valence-corrected chi connectivity index (χ1v) is 7.52. The van der Waals surface area contributed by atoms with E-state index in [4.69, 9.17) is 10.00 Å². The van der Waals surface area contributed by atoms with Gasteiger partial charge in [0.25, 0.3) is 0 Å². The molecule has 5 heteroatoms. The van der Waals surface area contributed by atoms with Crippen LogP contribution in [0.1, 0.15) is 18.4 Å². The maximum absolute atomic E-state index is 14.2. The number of hydrogen-bond donors (Lipinski definition) is 0. The molecule has 114 valence electrons. The van der Waals surface area contributed by atoms with E-state index >= 15 is 0 Å². The van der Waals surface area contributed by atoms with E-state index in [0.29, 0.717) is 17.0 Å². The third-order valence-corrected chi connectivity index (χ3v) is 4.05. The molecule has 0 unspecified atom stereocenters. The molecule has 0 bridgehead atoms. The summed E-state index contributed by atoms with van der Waals surface area (Å²) in [5.74, 6) is 0.266. The zero-order valence-electron chi connectivity index (χ0n) is 12.3. The molecule has 0 N–H and O–H groups in total. The van der Waals surface area contributed by atoms with Gasteiger partial charge in [-0.2, -0.15) is 10.4 Å². The molecular weight excluding hydrogens is 281 g/mol. The molecule has 1 fully saturated rings. The maximum Gasteiger partial charge on any atom is 0.131 e. The van der Waals surface area contributed by atoms with Gasteiger partial charge >= 0.3 is 0 Å². The van der Waals surface area contributed by atoms with Crippen molar-refractivity contribution in [1.29, 1.82) is 5.26 Å². The van der Waals surface area contributed by atoms with Crippen LogP contribution < -0.4 is 0 Å². The fourth-order valence-electron chi connectivity index (χ4n) is 2.79. The predicted octanol–water partition coefficient (Wildman–Crippen LogP) is 3.18. The number of rotatable bonds is 4. The standard InChI is InChI=1S/C17H18FN3O/c18-17-9-13(3-6-19)1-2-16(17)15-10-20-21(12-15)11-14-4-7-22-8-5-14/h1-2,9-10,12,14H,3-5,7-8,11H2. The van der Waals surface area contributed by atoms with Crippen LogP contribution in [-0.2, 0) is 17.7 Å². The summed E-state index contributed by atoms with van der Waals surface area (Å²) in [4.78, 5) is 0. The number of halogens is 1. The minimum Gasteiger partial charge on any atom is -0.381 e. The fourth-order valence-corrected chi connectivity index (χ4v) is 2.79. The number of hydrogen-bond acceptors (Lipinski definition) is 3. The molecule has 4 nitrogen and oxygen atoms in total. The Hall–Kier alpha value is -2.19. The van der Waals surface area contributed by atoms with Gasteiger partial charge in [-0.15, -0.1) is 0 Å². The van der Waals surface area contributed by atoms with Crippen molar-refractivity contribution in [2.45, 2.75) is 25.8 Å². The van der Waals surface area contributed by atoms with E-state index in [1.54, 1.807) is 18.3 Å². The van der Waals surface area contributed by atoms with Crippen LogP contribution in [0.2, 0.25) is 0 Å². The van der Waals surface area contributed by atoms with E-state index in [9.17, 15) is 4.39 Å². The lowest BCUT2D eigenvalue weighted by Crippen LogP contribution is -2.20. The zero-order chi connectivity index (χ0) is 15.4. The Kier molecular flexibility index (Phi) is 4.50. The molecule has 0 atom stereocenters. The van der Waals surface area contributed by atoms with E-state index < -0.39 is 0 Å². The normalized spacial score (nSPS) is 15.6. The molecule has 1 aliphatic heterocycles. The summed E-state index contributed by atoms with van der Waals surface area (Å²) in [5, 5.41) is 13.0. The van der Waals surface area contributed by atoms with Gasteiger partial charge < -0.3 is 4.74 Å². The van der Waals surface area contributed by atoms with Crippen LogP contribution in [0.3, 0.4) is 0 Å². The van der Waals surface area contributed by atoms with Crippen LogP contribution in [0.15, 0.2) is 30.6 Å². The molecule has 2 aromatic rings. The molecule has 0 saturated carbocycles. The largest absolute Gasteiger partial charge is 0.381 e. The quantitative estimate of drug-likeness (QED) is 0.871. The van der Waals surface area contributed by atoms with Gasteiger partial charge in [0, 0.05) is 37.1 Å². The van der Waals surface area contributed by atoms with Crippen molar-refractivity contribution in [3.63, 3.8) is 0 Å². The molecule has 0 radical (unpaired) electrons. The average molecular weight is 299 g/mol. The first-order valence-electron chi connectivity index (χ1n) is 7.52. The highest BCUT2D eigenvalue weighted by atomic mass is 19.1. The third kappa shape index (κ3) is 3.34. The van der Waals surface area contributed by atoms with Crippen molar-refractivity contribution in [1.82, 2.24) is 9.78 Å². The van der Waals surface area contributed by atoms with Gasteiger partial charge in [-0.05, 0) is 30.4 Å². The SMILES string of the molecule is N#CCc1ccc(-c2cnn(CC3CCOCC3)c2)c(F)c1. The highest BCUT2D eigenvalue weighted by Crippen LogP contribution is 2.24. The Bertz CT molecular complexity index is 683. The number of ether oxygens (including phenoxy) is 1. The molecular formula is C17H18FN3O. The van der Waals surface area contributed by atoms with E-state index in [2.05, 4.69) is 5.10 Å². The second-order valence-corrected chi connectivity index (χ2v) is 5.66. The monoisotopic (exact) mass is 299 g/mol. The van der Waals surface area contributed by atoms with Gasteiger partial charge in [-0.1, -0.05) is 12.1 Å². The Morgan fingerprint density at radius 1 is 1.36 bits per heavy atom. The third-order valence-electron chi connectivity index (χ3n) is 4.05. The first-order chi connectivity index (χ1) is 10.8. The number of benzene rings is 1. The molecule has 3 rings (SSSR count). The van der Waals surface area contributed by atoms with Crippen molar-refractivity contribution in [2.24, 2.45) is 5.92 Å². The molecule has 2 heterocycles. The molecule has 1 aliphatic rings. The zero-order valence-corrected chi connectivity index (χ0v) is 12.3. The van der Waals surface area contributed by atoms with Crippen LogP contribution in [0, 0.1) is 23.1 Å². The van der Waals surface area contributed by atoms with Gasteiger partial charge in [0.2, 0.25) is 0 Å². The number of aromatic nitrogens is 2. The summed E-state index contributed by atoms with van der Waals surface area (Å²) >= 11 is 0. The Labute approximate surface area is 129 Å². The van der Waals surface area contributed by atoms with Crippen LogP contribution in [0.4, 0.5) is 4.39 Å². The highest BCUT2D eigenvalue weighted by Gasteiger charge is 2.15. The maximum atomic E-state index is 14.2. The molecule has 0 aliphatic carbocycles. The average Bonchev–Trinajstić information content (AvgIpc) is 2.97. The van der Waals surface area contributed by atoms with E-state index in [0.717, 1.165) is 38.2 Å². The minimum atomic E-state index is -0.307. The second kappa shape index (κ2) is 6.71. The molecule has 0 amide bonds. The number of nitriles is 1. The van der Waals surface area contributed by atoms with Gasteiger partial charge in [0.1, 0.15) is 5.82 Å². The Morgan fingerprint density at radius 2 is 2.18 bits per heavy atom. The highest BCUT2D eigenvalue weighted by molar-refractivity contribution is 5.62. The minimum absolute atomic E-state index is 0.222. The van der Waals surface area contributed by atoms with Gasteiger partial charge in [0.15, 0.2) is 0 Å². The van der Waals surface area contributed by atoms with Crippen molar-refractivity contribution in [2.75, 3.05) is 13.2 Å². The van der Waals surface area contributed by atoms with Crippen LogP contribution >= 0.6 is 0 Å². The summed E-state index contributed by atoms with van der Waals surface area (Å²) in [5.41, 5.74) is 1.99. The summed E-state index contributed by atoms with van der Waals surface area (Å²) in [6.07, 6.45) is 5.90. The smallest absolute Gasteiger partial charge is 0.131 e. The molecule has 22 heavy (non-hydrogen) atoms. The van der Waals surface area contributed by atoms with Gasteiger partial charge in [0.05, 0.1) is 18.7 Å². The molecule has 1 aromatic heterocycles. The molecule has 0 spiro atoms. The first kappa shape index (κ1) is 14.7. The van der Waals surface area contributed by atoms with Crippen LogP contribution in [0.5, 0.6) is 0 Å². The summed E-state index contributed by atoms with van der Waals surface area (Å²) < 4.78 is 21.4. The van der Waals surface area contributed by atoms with E-state index in [1.807, 2.05) is 16.9 Å². The topological polar surface area (TPSA) is 50.8 Å². The lowest BCUT2D eigenvalue weighted by atomic mass is 10.0. The number of nitrogens with zero attached hydrogens (tertiary/aromatic N) is 3. The van der Waals surface area contributed by atoms with Crippen molar-refractivity contribution in [3.8, 4) is 17.2 Å². The van der Waals surface area contributed by atoms with Crippen molar-refractivity contribution in [3.05, 3.63) is 42.0 Å². The van der Waals surface area contributed by atoms with Crippen LogP contribution in [-0.4, -0.2) is 23.0 Å². The summed E-state index contributed by atoms with van der Waals surface area (Å²) in [6.45, 7) is 2.47. The molecule has 1 saturated heterocycles. The summed E-state index contributed by atoms with van der Waals surface area (Å²) in [6, 6.07) is 6.96. The van der Waals surface area contributed by atoms with E-state index in [1.165, 1.54) is 6.07 Å². The van der Waals surface area contributed by atoms with Gasteiger partial charge in [-0.3, -0.25) is 4.68 Å². The van der Waals surface area contributed by atoms with E-state index in [-0.39, 0.29) is 12.2 Å². The Balaban J connectivity index is 1.74. The molecule has 1 aromatic carbocycles. The van der Waals surface area contributed by atoms with Crippen LogP contribution in [0.25, 0.3) is 11.1 Å². The predicted molar refractivity (Wildman–Crippen MR) is 80.5 cm³/mol. The van der Waals surface area contributed by atoms with Gasteiger partial charge in [-0.25, -0.2) is 4.39 Å². The Morgan fingerprint density at radius 3 is 2.91 bits per heavy atom. The lowest BCUT2D eigenvalue weighted by molar-refractivity contribution is 0.0601. The fraction of sp³-hybridized carbons (Fsp3) is 0.412. The van der Waals surface area contributed by atoms with Crippen molar-refractivity contribution < 1.29 is 9.13 Å².